The smallest absolute Gasteiger partial charge is 0.245 e. The van der Waals surface area contributed by atoms with E-state index in [0.29, 0.717) is 61.1 Å². The van der Waals surface area contributed by atoms with E-state index in [2.05, 4.69) is 70.5 Å². The van der Waals surface area contributed by atoms with Gasteiger partial charge in [-0.1, -0.05) is 45.5 Å². The van der Waals surface area contributed by atoms with Gasteiger partial charge in [-0.15, -0.1) is 5.54 Å². The second-order valence-corrected chi connectivity index (χ2v) is 19.3. The van der Waals surface area contributed by atoms with Crippen molar-refractivity contribution >= 4 is 42.3 Å². The summed E-state index contributed by atoms with van der Waals surface area (Å²) >= 11 is 0. The van der Waals surface area contributed by atoms with Crippen LogP contribution in [0.1, 0.15) is 44.2 Å². The summed E-state index contributed by atoms with van der Waals surface area (Å²) in [5.41, 5.74) is 6.44. The molecule has 0 saturated carbocycles. The number of nitrogens with zero attached hydrogens (tertiary/aromatic N) is 4. The van der Waals surface area contributed by atoms with Gasteiger partial charge in [-0.2, -0.15) is 0 Å². The summed E-state index contributed by atoms with van der Waals surface area (Å²) in [7, 11) is -0.0230. The fraction of sp³-hybridized carbons (Fsp3) is 0.526. The molecule has 2 bridgehead atoms. The van der Waals surface area contributed by atoms with Crippen molar-refractivity contribution in [1.29, 1.82) is 0 Å². The third kappa shape index (κ3) is 10.4. The molecule has 11 nitrogen and oxygen atoms in total. The van der Waals surface area contributed by atoms with Gasteiger partial charge in [-0.3, -0.25) is 14.5 Å². The van der Waals surface area contributed by atoms with Gasteiger partial charge >= 0.3 is 0 Å². The summed E-state index contributed by atoms with van der Waals surface area (Å²) in [6, 6.07) is 8.94. The Balaban J connectivity index is 1.51. The molecule has 5 rings (SSSR count). The quantitative estimate of drug-likeness (QED) is 0.259. The Morgan fingerprint density at radius 3 is 2.58 bits per heavy atom. The van der Waals surface area contributed by atoms with E-state index >= 15 is 0 Å². The summed E-state index contributed by atoms with van der Waals surface area (Å²) in [4.78, 5) is 41.4. The van der Waals surface area contributed by atoms with E-state index in [1.807, 2.05) is 35.2 Å². The molecule has 0 radical (unpaired) electrons. The standard InChI is InChI=1S/C38H52N6O5Si/c1-27(2)21-33-38(46)44(13-7-12-43-15-18-48-19-16-43)14-8-17-49-35-24-30-32(25-34(35)47-3)39-26-40-37(30)42-31-22-28(11-20-50(4,5)6)9-10-29(31)23-36(45)41-33/h9-10,22,24-27,33H,7-8,12-19,21,23H2,1-6H3,(H,41,45)(H,39,40,42)/t33-/m1/s1. The number of morpholine rings is 1. The minimum atomic E-state index is -1.63. The Morgan fingerprint density at radius 1 is 1.04 bits per heavy atom. The number of amides is 2. The second kappa shape index (κ2) is 17.2. The first-order chi connectivity index (χ1) is 24.0. The highest BCUT2D eigenvalue weighted by molar-refractivity contribution is 6.83. The van der Waals surface area contributed by atoms with E-state index in [9.17, 15) is 9.59 Å². The van der Waals surface area contributed by atoms with Crippen LogP contribution in [0, 0.1) is 17.4 Å². The maximum absolute atomic E-state index is 14.2. The Labute approximate surface area is 297 Å². The number of hydrogen-bond acceptors (Lipinski definition) is 9. The van der Waals surface area contributed by atoms with Crippen molar-refractivity contribution in [2.75, 3.05) is 65.0 Å². The van der Waals surface area contributed by atoms with Crippen LogP contribution in [-0.4, -0.2) is 105 Å². The zero-order valence-electron chi connectivity index (χ0n) is 30.4. The van der Waals surface area contributed by atoms with Gasteiger partial charge < -0.3 is 29.7 Å². The van der Waals surface area contributed by atoms with Gasteiger partial charge in [0.2, 0.25) is 11.8 Å². The van der Waals surface area contributed by atoms with E-state index in [4.69, 9.17) is 14.2 Å². The first-order valence-electron chi connectivity index (χ1n) is 17.8. The predicted molar refractivity (Wildman–Crippen MR) is 200 cm³/mol. The molecule has 2 aliphatic rings. The average Bonchev–Trinajstić information content (AvgIpc) is 3.08. The maximum atomic E-state index is 14.2. The Kier molecular flexibility index (Phi) is 12.7. The van der Waals surface area contributed by atoms with Crippen LogP contribution in [-0.2, 0) is 20.7 Å². The largest absolute Gasteiger partial charge is 0.493 e. The van der Waals surface area contributed by atoms with Gasteiger partial charge in [0.05, 0.1) is 38.9 Å². The molecule has 1 fully saturated rings. The van der Waals surface area contributed by atoms with Crippen molar-refractivity contribution in [1.82, 2.24) is 25.1 Å². The highest BCUT2D eigenvalue weighted by atomic mass is 28.3. The molecule has 50 heavy (non-hydrogen) atoms. The lowest BCUT2D eigenvalue weighted by atomic mass is 10.0. The van der Waals surface area contributed by atoms with Crippen molar-refractivity contribution in [2.45, 2.75) is 65.2 Å². The van der Waals surface area contributed by atoms with E-state index in [1.165, 1.54) is 6.33 Å². The van der Waals surface area contributed by atoms with Crippen LogP contribution in [0.5, 0.6) is 11.5 Å². The molecule has 3 aromatic rings. The van der Waals surface area contributed by atoms with Crippen molar-refractivity contribution < 1.29 is 23.8 Å². The third-order valence-corrected chi connectivity index (χ3v) is 9.58. The molecule has 3 heterocycles. The molecule has 1 atom stereocenters. The van der Waals surface area contributed by atoms with Gasteiger partial charge in [-0.05, 0) is 48.9 Å². The number of hydrogen-bond donors (Lipinski definition) is 2. The molecule has 2 N–H and O–H groups in total. The molecule has 268 valence electrons. The third-order valence-electron chi connectivity index (χ3n) is 8.70. The lowest BCUT2D eigenvalue weighted by molar-refractivity contribution is -0.137. The van der Waals surface area contributed by atoms with Crippen LogP contribution in [0.15, 0.2) is 36.7 Å². The van der Waals surface area contributed by atoms with Gasteiger partial charge in [-0.25, -0.2) is 9.97 Å². The number of carbonyl (C=O) groups excluding carboxylic acids is 2. The van der Waals surface area contributed by atoms with Crippen LogP contribution in [0.2, 0.25) is 19.6 Å². The van der Waals surface area contributed by atoms with E-state index < -0.39 is 14.1 Å². The monoisotopic (exact) mass is 700 g/mol. The number of anilines is 2. The summed E-state index contributed by atoms with van der Waals surface area (Å²) in [5, 5.41) is 7.36. The molecule has 2 amide bonds. The van der Waals surface area contributed by atoms with E-state index in [1.54, 1.807) is 7.11 Å². The zero-order valence-corrected chi connectivity index (χ0v) is 31.4. The number of fused-ring (bicyclic) bond motifs is 2. The predicted octanol–water partition coefficient (Wildman–Crippen LogP) is 5.02. The zero-order chi connectivity index (χ0) is 35.7. The van der Waals surface area contributed by atoms with Gasteiger partial charge in [0.1, 0.15) is 26.3 Å². The number of ether oxygens (including phenoxy) is 3. The summed E-state index contributed by atoms with van der Waals surface area (Å²) in [5.74, 6) is 4.97. The minimum absolute atomic E-state index is 0.0599. The van der Waals surface area contributed by atoms with E-state index in [-0.39, 0.29) is 24.2 Å². The Hall–Kier alpha value is -4.18. The summed E-state index contributed by atoms with van der Waals surface area (Å²) in [6.45, 7) is 16.4. The molecule has 0 aliphatic carbocycles. The molecular formula is C38H52N6O5Si. The van der Waals surface area contributed by atoms with Gasteiger partial charge in [0.15, 0.2) is 11.5 Å². The highest BCUT2D eigenvalue weighted by Gasteiger charge is 2.28. The topological polar surface area (TPSA) is 118 Å². The number of methoxy groups -OCH3 is 1. The minimum Gasteiger partial charge on any atom is -0.493 e. The van der Waals surface area contributed by atoms with Gasteiger partial charge in [0.25, 0.3) is 0 Å². The molecular weight excluding hydrogens is 649 g/mol. The van der Waals surface area contributed by atoms with Gasteiger partial charge in [0, 0.05) is 55.4 Å². The van der Waals surface area contributed by atoms with Crippen LogP contribution < -0.4 is 20.1 Å². The Bertz CT molecular complexity index is 1710. The molecule has 12 heteroatoms. The Morgan fingerprint density at radius 2 is 1.84 bits per heavy atom. The van der Waals surface area contributed by atoms with Crippen molar-refractivity contribution in [3.05, 3.63) is 47.8 Å². The van der Waals surface area contributed by atoms with Crippen LogP contribution in [0.4, 0.5) is 11.5 Å². The summed E-state index contributed by atoms with van der Waals surface area (Å²) in [6.07, 6.45) is 3.56. The number of rotatable bonds is 7. The number of aromatic nitrogens is 2. The molecule has 0 unspecified atom stereocenters. The number of carbonyl (C=O) groups is 2. The molecule has 2 aliphatic heterocycles. The lowest BCUT2D eigenvalue weighted by Gasteiger charge is -2.31. The SMILES string of the molecule is COc1cc2ncnc3c2cc1OCCCN(CCCN1CCOCC1)C(=O)[C@@H](CC(C)C)NC(=O)Cc1ccc(C#C[Si](C)(C)C)cc1N3. The molecule has 2 aromatic carbocycles. The fourth-order valence-electron chi connectivity index (χ4n) is 6.16. The normalized spacial score (nSPS) is 18.1. The highest BCUT2D eigenvalue weighted by Crippen LogP contribution is 2.35. The molecule has 1 aromatic heterocycles. The number of benzene rings is 2. The maximum Gasteiger partial charge on any atom is 0.245 e. The number of nitrogens with one attached hydrogen (secondary N) is 2. The van der Waals surface area contributed by atoms with E-state index in [0.717, 1.165) is 55.8 Å². The fourth-order valence-corrected chi connectivity index (χ4v) is 6.68. The first kappa shape index (κ1) is 37.1. The van der Waals surface area contributed by atoms with Crippen LogP contribution >= 0.6 is 0 Å². The summed E-state index contributed by atoms with van der Waals surface area (Å²) < 4.78 is 17.5. The first-order valence-corrected chi connectivity index (χ1v) is 21.3. The second-order valence-electron chi connectivity index (χ2n) is 14.5. The lowest BCUT2D eigenvalue weighted by Crippen LogP contribution is -2.50. The van der Waals surface area contributed by atoms with Crippen molar-refractivity contribution in [3.8, 4) is 23.0 Å². The molecule has 1 saturated heterocycles. The van der Waals surface area contributed by atoms with Crippen LogP contribution in [0.25, 0.3) is 10.9 Å². The molecule has 0 spiro atoms. The average molecular weight is 701 g/mol. The van der Waals surface area contributed by atoms with Crippen molar-refractivity contribution in [3.63, 3.8) is 0 Å². The van der Waals surface area contributed by atoms with Crippen molar-refractivity contribution in [2.24, 2.45) is 5.92 Å². The van der Waals surface area contributed by atoms with Crippen LogP contribution in [0.3, 0.4) is 0 Å².